The van der Waals surface area contributed by atoms with Crippen LogP contribution in [0.5, 0.6) is 0 Å². The Bertz CT molecular complexity index is 556. The van der Waals surface area contributed by atoms with Gasteiger partial charge in [-0.15, -0.1) is 4.03 Å². The zero-order valence-corrected chi connectivity index (χ0v) is 11.5. The van der Waals surface area contributed by atoms with Crippen LogP contribution in [0.3, 0.4) is 0 Å². The summed E-state index contributed by atoms with van der Waals surface area (Å²) in [5.41, 5.74) is 10.5. The molecule has 1 aliphatic heterocycles. The third-order valence-corrected chi connectivity index (χ3v) is 3.82. The highest BCUT2D eigenvalue weighted by Crippen LogP contribution is 2.37. The van der Waals surface area contributed by atoms with Gasteiger partial charge < -0.3 is 5.73 Å². The number of rotatable bonds is 2. The van der Waals surface area contributed by atoms with Crippen LogP contribution >= 0.6 is 16.1 Å². The van der Waals surface area contributed by atoms with Gasteiger partial charge in [0.05, 0.1) is 18.8 Å². The average Bonchev–Trinajstić information content (AvgIpc) is 2.70. The average molecular weight is 304 g/mol. The molecule has 2 aromatic carbocycles. The van der Waals surface area contributed by atoms with Gasteiger partial charge >= 0.3 is 0 Å². The van der Waals surface area contributed by atoms with Crippen molar-refractivity contribution in [3.05, 3.63) is 59.7 Å². The van der Waals surface area contributed by atoms with Crippen LogP contribution in [0.2, 0.25) is 0 Å². The number of fused-ring (bicyclic) bond motifs is 1. The second-order valence-corrected chi connectivity index (χ2v) is 5.20. The van der Waals surface area contributed by atoms with Gasteiger partial charge in [0.15, 0.2) is 0 Å². The number of halogens is 1. The summed E-state index contributed by atoms with van der Waals surface area (Å²) < 4.78 is 2.03. The number of benzene rings is 2. The molecule has 0 saturated carbocycles. The number of anilines is 2. The molecule has 2 N–H and O–H groups in total. The Kier molecular flexibility index (Phi) is 2.97. The molecule has 1 aliphatic rings. The van der Waals surface area contributed by atoms with Gasteiger partial charge in [0, 0.05) is 27.4 Å². The number of hydrogen-bond acceptors (Lipinski definition) is 3. The molecule has 0 atom stereocenters. The van der Waals surface area contributed by atoms with Gasteiger partial charge in [-0.1, -0.05) is 36.4 Å². The van der Waals surface area contributed by atoms with Crippen molar-refractivity contribution >= 4 is 27.5 Å². The second kappa shape index (κ2) is 4.63. The molecule has 0 aromatic heterocycles. The second-order valence-electron chi connectivity index (χ2n) is 4.38. The summed E-state index contributed by atoms with van der Waals surface area (Å²) >= 11 is 3.58. The monoisotopic (exact) mass is 303 g/mol. The standard InChI is InChI=1S/C14H14BrN3/c15-18-10-12-13(16)7-4-8-14(12)17(18)9-11-5-2-1-3-6-11/h1-8H,9-10,16H2. The van der Waals surface area contributed by atoms with E-state index in [9.17, 15) is 0 Å². The zero-order chi connectivity index (χ0) is 12.5. The third-order valence-electron chi connectivity index (χ3n) is 3.19. The van der Waals surface area contributed by atoms with Crippen molar-refractivity contribution in [1.29, 1.82) is 0 Å². The summed E-state index contributed by atoms with van der Waals surface area (Å²) in [5.74, 6) is 0. The van der Waals surface area contributed by atoms with Gasteiger partial charge in [0.1, 0.15) is 0 Å². The van der Waals surface area contributed by atoms with E-state index in [2.05, 4.69) is 51.5 Å². The molecular weight excluding hydrogens is 290 g/mol. The smallest absolute Gasteiger partial charge is 0.0606 e. The van der Waals surface area contributed by atoms with Crippen molar-refractivity contribution in [1.82, 2.24) is 4.03 Å². The molecule has 0 aliphatic carbocycles. The van der Waals surface area contributed by atoms with E-state index in [0.717, 1.165) is 18.8 Å². The lowest BCUT2D eigenvalue weighted by atomic mass is 10.1. The van der Waals surface area contributed by atoms with Crippen LogP contribution in [-0.2, 0) is 13.1 Å². The molecular formula is C14H14BrN3. The summed E-state index contributed by atoms with van der Waals surface area (Å²) in [4.78, 5) is 0. The third kappa shape index (κ3) is 1.98. The molecule has 0 spiro atoms. The highest BCUT2D eigenvalue weighted by Gasteiger charge is 2.26. The molecule has 0 radical (unpaired) electrons. The van der Waals surface area contributed by atoms with E-state index in [1.165, 1.54) is 16.8 Å². The lowest BCUT2D eigenvalue weighted by molar-refractivity contribution is 0.474. The Labute approximate surface area is 115 Å². The summed E-state index contributed by atoms with van der Waals surface area (Å²) in [5, 5.41) is 2.20. The highest BCUT2D eigenvalue weighted by molar-refractivity contribution is 9.07. The van der Waals surface area contributed by atoms with Gasteiger partial charge in [0.2, 0.25) is 0 Å². The predicted octanol–water partition coefficient (Wildman–Crippen LogP) is 3.32. The van der Waals surface area contributed by atoms with Gasteiger partial charge in [0.25, 0.3) is 0 Å². The van der Waals surface area contributed by atoms with Gasteiger partial charge in [-0.2, -0.15) is 0 Å². The van der Waals surface area contributed by atoms with Crippen molar-refractivity contribution in [2.75, 3.05) is 10.7 Å². The number of hydrogen-bond donors (Lipinski definition) is 1. The van der Waals surface area contributed by atoms with Crippen molar-refractivity contribution in [2.24, 2.45) is 0 Å². The van der Waals surface area contributed by atoms with Crippen LogP contribution in [0.25, 0.3) is 0 Å². The molecule has 18 heavy (non-hydrogen) atoms. The first-order chi connectivity index (χ1) is 8.75. The molecule has 4 heteroatoms. The first-order valence-electron chi connectivity index (χ1n) is 5.88. The molecule has 0 bridgehead atoms. The molecule has 0 unspecified atom stereocenters. The minimum Gasteiger partial charge on any atom is -0.398 e. The van der Waals surface area contributed by atoms with Crippen LogP contribution in [0.1, 0.15) is 11.1 Å². The number of nitrogens with two attached hydrogens (primary N) is 1. The Morgan fingerprint density at radius 3 is 2.61 bits per heavy atom. The fourth-order valence-corrected chi connectivity index (χ4v) is 2.79. The van der Waals surface area contributed by atoms with Gasteiger partial charge in [-0.25, -0.2) is 0 Å². The van der Waals surface area contributed by atoms with E-state index in [1.807, 2.05) is 22.2 Å². The topological polar surface area (TPSA) is 32.5 Å². The fraction of sp³-hybridized carbons (Fsp3) is 0.143. The highest BCUT2D eigenvalue weighted by atomic mass is 79.9. The van der Waals surface area contributed by atoms with E-state index in [1.54, 1.807) is 0 Å². The number of nitrogen functional groups attached to an aromatic ring is 1. The number of nitrogens with zero attached hydrogens (tertiary/aromatic N) is 2. The Morgan fingerprint density at radius 2 is 1.83 bits per heavy atom. The van der Waals surface area contributed by atoms with Crippen molar-refractivity contribution in [3.63, 3.8) is 0 Å². The van der Waals surface area contributed by atoms with E-state index in [4.69, 9.17) is 5.73 Å². The quantitative estimate of drug-likeness (QED) is 0.682. The van der Waals surface area contributed by atoms with E-state index < -0.39 is 0 Å². The summed E-state index contributed by atoms with van der Waals surface area (Å²) in [7, 11) is 0. The van der Waals surface area contributed by atoms with E-state index >= 15 is 0 Å². The van der Waals surface area contributed by atoms with E-state index in [0.29, 0.717) is 0 Å². The van der Waals surface area contributed by atoms with E-state index in [-0.39, 0.29) is 0 Å². The van der Waals surface area contributed by atoms with Crippen LogP contribution < -0.4 is 10.7 Å². The maximum atomic E-state index is 6.02. The molecule has 92 valence electrons. The maximum Gasteiger partial charge on any atom is 0.0606 e. The molecule has 3 nitrogen and oxygen atoms in total. The zero-order valence-electron chi connectivity index (χ0n) is 9.88. The first kappa shape index (κ1) is 11.6. The minimum absolute atomic E-state index is 0.800. The summed E-state index contributed by atoms with van der Waals surface area (Å²) in [6, 6.07) is 16.5. The SMILES string of the molecule is Nc1cccc2c1CN(Br)N2Cc1ccccc1. The van der Waals surface area contributed by atoms with Gasteiger partial charge in [-0.05, 0) is 17.7 Å². The summed E-state index contributed by atoms with van der Waals surface area (Å²) in [6.45, 7) is 1.64. The normalized spacial score (nSPS) is 14.8. The van der Waals surface area contributed by atoms with Crippen LogP contribution in [0, 0.1) is 0 Å². The van der Waals surface area contributed by atoms with Crippen molar-refractivity contribution in [2.45, 2.75) is 13.1 Å². The molecule has 2 aromatic rings. The molecule has 3 rings (SSSR count). The Hall–Kier alpha value is -1.52. The van der Waals surface area contributed by atoms with Crippen LogP contribution in [0.4, 0.5) is 11.4 Å². The van der Waals surface area contributed by atoms with Gasteiger partial charge in [-0.3, -0.25) is 5.01 Å². The maximum absolute atomic E-state index is 6.02. The Balaban J connectivity index is 1.93. The Morgan fingerprint density at radius 1 is 1.06 bits per heavy atom. The minimum atomic E-state index is 0.800. The van der Waals surface area contributed by atoms with Crippen molar-refractivity contribution < 1.29 is 0 Å². The van der Waals surface area contributed by atoms with Crippen LogP contribution in [0.15, 0.2) is 48.5 Å². The lowest BCUT2D eigenvalue weighted by Gasteiger charge is -2.25. The molecule has 0 fully saturated rings. The number of hydrazine groups is 1. The van der Waals surface area contributed by atoms with Crippen LogP contribution in [-0.4, -0.2) is 4.03 Å². The lowest BCUT2D eigenvalue weighted by Crippen LogP contribution is -2.29. The predicted molar refractivity (Wildman–Crippen MR) is 77.9 cm³/mol. The largest absolute Gasteiger partial charge is 0.398 e. The molecule has 0 saturated heterocycles. The van der Waals surface area contributed by atoms with Crippen molar-refractivity contribution in [3.8, 4) is 0 Å². The summed E-state index contributed by atoms with van der Waals surface area (Å²) in [6.07, 6.45) is 0. The first-order valence-corrected chi connectivity index (χ1v) is 6.58. The fourth-order valence-electron chi connectivity index (χ4n) is 2.26. The molecule has 1 heterocycles. The molecule has 0 amide bonds.